The molecule has 0 amide bonds. The van der Waals surface area contributed by atoms with E-state index in [0.29, 0.717) is 5.92 Å². The second kappa shape index (κ2) is 5.83. The summed E-state index contributed by atoms with van der Waals surface area (Å²) in [6.07, 6.45) is 2.18. The van der Waals surface area contributed by atoms with Crippen LogP contribution in [0.25, 0.3) is 0 Å². The lowest BCUT2D eigenvalue weighted by atomic mass is 9.96. The third-order valence-electron chi connectivity index (χ3n) is 2.77. The summed E-state index contributed by atoms with van der Waals surface area (Å²) in [4.78, 5) is 1.44. The van der Waals surface area contributed by atoms with Crippen molar-refractivity contribution >= 4 is 11.3 Å². The molecular formula is C14H17NS. The molecule has 0 aliphatic carbocycles. The lowest BCUT2D eigenvalue weighted by molar-refractivity contribution is 0.537. The predicted octanol–water partition coefficient (Wildman–Crippen LogP) is 3.11. The van der Waals surface area contributed by atoms with E-state index in [1.807, 2.05) is 11.3 Å². The third-order valence-corrected chi connectivity index (χ3v) is 3.67. The van der Waals surface area contributed by atoms with Crippen LogP contribution in [-0.2, 0) is 12.8 Å². The lowest BCUT2D eigenvalue weighted by Crippen LogP contribution is -2.18. The molecule has 16 heavy (non-hydrogen) atoms. The molecule has 1 aromatic carbocycles. The minimum absolute atomic E-state index is 0.557. The van der Waals surface area contributed by atoms with E-state index in [2.05, 4.69) is 47.8 Å². The first-order valence-corrected chi connectivity index (χ1v) is 6.53. The molecule has 2 heteroatoms. The molecule has 84 valence electrons. The first kappa shape index (κ1) is 11.4. The van der Waals surface area contributed by atoms with E-state index in [1.165, 1.54) is 10.4 Å². The summed E-state index contributed by atoms with van der Waals surface area (Å²) >= 11 is 1.82. The fraction of sp³-hybridized carbons (Fsp3) is 0.286. The molecule has 0 aliphatic heterocycles. The molecule has 0 fully saturated rings. The minimum atomic E-state index is 0.557. The van der Waals surface area contributed by atoms with Gasteiger partial charge in [-0.2, -0.15) is 0 Å². The maximum Gasteiger partial charge on any atom is 0.00485 e. The number of hydrogen-bond acceptors (Lipinski definition) is 2. The van der Waals surface area contributed by atoms with Gasteiger partial charge in [-0.15, -0.1) is 11.3 Å². The van der Waals surface area contributed by atoms with Crippen molar-refractivity contribution in [3.63, 3.8) is 0 Å². The molecule has 0 aliphatic rings. The van der Waals surface area contributed by atoms with Crippen LogP contribution in [0.3, 0.4) is 0 Å². The van der Waals surface area contributed by atoms with Gasteiger partial charge in [-0.3, -0.25) is 0 Å². The Morgan fingerprint density at radius 3 is 2.44 bits per heavy atom. The van der Waals surface area contributed by atoms with Crippen molar-refractivity contribution in [3.05, 3.63) is 58.3 Å². The van der Waals surface area contributed by atoms with Crippen molar-refractivity contribution in [2.75, 3.05) is 6.54 Å². The quantitative estimate of drug-likeness (QED) is 0.840. The molecule has 2 aromatic rings. The van der Waals surface area contributed by atoms with Gasteiger partial charge in [0.05, 0.1) is 0 Å². The van der Waals surface area contributed by atoms with Gasteiger partial charge >= 0.3 is 0 Å². The molecule has 1 unspecified atom stereocenters. The van der Waals surface area contributed by atoms with Crippen molar-refractivity contribution < 1.29 is 0 Å². The highest BCUT2D eigenvalue weighted by Gasteiger charge is 2.09. The van der Waals surface area contributed by atoms with E-state index in [-0.39, 0.29) is 0 Å². The molecule has 1 atom stereocenters. The average molecular weight is 231 g/mol. The Kier molecular flexibility index (Phi) is 4.14. The van der Waals surface area contributed by atoms with E-state index in [1.54, 1.807) is 0 Å². The molecule has 1 heterocycles. The zero-order valence-corrected chi connectivity index (χ0v) is 10.1. The van der Waals surface area contributed by atoms with Gasteiger partial charge in [0.1, 0.15) is 0 Å². The van der Waals surface area contributed by atoms with E-state index >= 15 is 0 Å². The normalized spacial score (nSPS) is 12.6. The van der Waals surface area contributed by atoms with Gasteiger partial charge in [0.2, 0.25) is 0 Å². The molecule has 0 saturated heterocycles. The van der Waals surface area contributed by atoms with Crippen LogP contribution in [-0.4, -0.2) is 6.54 Å². The standard InChI is InChI=1S/C14H17NS/c15-11-13(10-14-7-4-8-16-14)9-12-5-2-1-3-6-12/h1-8,13H,9-11,15H2. The van der Waals surface area contributed by atoms with E-state index in [9.17, 15) is 0 Å². The molecule has 0 bridgehead atoms. The smallest absolute Gasteiger partial charge is 0.00485 e. The van der Waals surface area contributed by atoms with Crippen LogP contribution in [0.4, 0.5) is 0 Å². The SMILES string of the molecule is NCC(Cc1ccccc1)Cc1cccs1. The molecule has 2 rings (SSSR count). The average Bonchev–Trinajstić information content (AvgIpc) is 2.82. The monoisotopic (exact) mass is 231 g/mol. The molecular weight excluding hydrogens is 214 g/mol. The minimum Gasteiger partial charge on any atom is -0.330 e. The zero-order valence-electron chi connectivity index (χ0n) is 9.30. The van der Waals surface area contributed by atoms with Crippen LogP contribution in [0.1, 0.15) is 10.4 Å². The van der Waals surface area contributed by atoms with Gasteiger partial charge in [-0.1, -0.05) is 36.4 Å². The summed E-state index contributed by atoms with van der Waals surface area (Å²) in [7, 11) is 0. The summed E-state index contributed by atoms with van der Waals surface area (Å²) in [6.45, 7) is 0.757. The second-order valence-electron chi connectivity index (χ2n) is 4.07. The molecule has 2 N–H and O–H groups in total. The Labute approximate surface area is 101 Å². The van der Waals surface area contributed by atoms with Crippen LogP contribution in [0.5, 0.6) is 0 Å². The van der Waals surface area contributed by atoms with Crippen LogP contribution < -0.4 is 5.73 Å². The number of benzene rings is 1. The third kappa shape index (κ3) is 3.19. The van der Waals surface area contributed by atoms with Crippen LogP contribution in [0, 0.1) is 5.92 Å². The molecule has 0 spiro atoms. The van der Waals surface area contributed by atoms with Gasteiger partial charge < -0.3 is 5.73 Å². The summed E-state index contributed by atoms with van der Waals surface area (Å²) < 4.78 is 0. The Hall–Kier alpha value is -1.12. The van der Waals surface area contributed by atoms with Crippen molar-refractivity contribution in [2.45, 2.75) is 12.8 Å². The Bertz CT molecular complexity index is 394. The molecule has 1 aromatic heterocycles. The Morgan fingerprint density at radius 1 is 1.00 bits per heavy atom. The topological polar surface area (TPSA) is 26.0 Å². The van der Waals surface area contributed by atoms with Gasteiger partial charge in [-0.05, 0) is 42.3 Å². The number of rotatable bonds is 5. The second-order valence-corrected chi connectivity index (χ2v) is 5.11. The van der Waals surface area contributed by atoms with Crippen LogP contribution in [0.15, 0.2) is 47.8 Å². The van der Waals surface area contributed by atoms with Crippen molar-refractivity contribution in [3.8, 4) is 0 Å². The first-order chi connectivity index (χ1) is 7.88. The lowest BCUT2D eigenvalue weighted by Gasteiger charge is -2.13. The maximum absolute atomic E-state index is 5.84. The molecule has 0 saturated carbocycles. The van der Waals surface area contributed by atoms with E-state index in [4.69, 9.17) is 5.73 Å². The van der Waals surface area contributed by atoms with Gasteiger partial charge in [0, 0.05) is 4.88 Å². The summed E-state index contributed by atoms with van der Waals surface area (Å²) in [5.41, 5.74) is 7.23. The van der Waals surface area contributed by atoms with Gasteiger partial charge in [-0.25, -0.2) is 0 Å². The highest BCUT2D eigenvalue weighted by molar-refractivity contribution is 7.09. The summed E-state index contributed by atoms with van der Waals surface area (Å²) in [5, 5.41) is 2.13. The Balaban J connectivity index is 1.96. The highest BCUT2D eigenvalue weighted by atomic mass is 32.1. The van der Waals surface area contributed by atoms with Crippen molar-refractivity contribution in [1.29, 1.82) is 0 Å². The van der Waals surface area contributed by atoms with E-state index in [0.717, 1.165) is 19.4 Å². The first-order valence-electron chi connectivity index (χ1n) is 5.65. The Morgan fingerprint density at radius 2 is 1.81 bits per heavy atom. The van der Waals surface area contributed by atoms with Crippen molar-refractivity contribution in [1.82, 2.24) is 0 Å². The summed E-state index contributed by atoms with van der Waals surface area (Å²) in [5.74, 6) is 0.557. The fourth-order valence-electron chi connectivity index (χ4n) is 1.90. The zero-order chi connectivity index (χ0) is 11.2. The number of thiophene rings is 1. The van der Waals surface area contributed by atoms with Crippen LogP contribution in [0.2, 0.25) is 0 Å². The van der Waals surface area contributed by atoms with Gasteiger partial charge in [0.25, 0.3) is 0 Å². The molecule has 0 radical (unpaired) electrons. The molecule has 1 nitrogen and oxygen atoms in total. The van der Waals surface area contributed by atoms with Crippen LogP contribution >= 0.6 is 11.3 Å². The fourth-order valence-corrected chi connectivity index (χ4v) is 2.72. The predicted molar refractivity (Wildman–Crippen MR) is 70.7 cm³/mol. The van der Waals surface area contributed by atoms with E-state index < -0.39 is 0 Å². The van der Waals surface area contributed by atoms with Gasteiger partial charge in [0.15, 0.2) is 0 Å². The maximum atomic E-state index is 5.84. The highest BCUT2D eigenvalue weighted by Crippen LogP contribution is 2.17. The largest absolute Gasteiger partial charge is 0.330 e. The summed E-state index contributed by atoms with van der Waals surface area (Å²) in [6, 6.07) is 14.9. The number of hydrogen-bond donors (Lipinski definition) is 1. The van der Waals surface area contributed by atoms with Crippen molar-refractivity contribution in [2.24, 2.45) is 11.7 Å². The number of nitrogens with two attached hydrogens (primary N) is 1.